The largest absolute Gasteiger partial charge is 0.497 e. The van der Waals surface area contributed by atoms with E-state index in [9.17, 15) is 19.7 Å². The maximum absolute atomic E-state index is 12.2. The van der Waals surface area contributed by atoms with Crippen molar-refractivity contribution in [2.45, 2.75) is 12.8 Å². The number of carbonyl (C=O) groups excluding carboxylic acids is 2. The summed E-state index contributed by atoms with van der Waals surface area (Å²) in [5.41, 5.74) is 1.07. The molecule has 0 saturated carbocycles. The van der Waals surface area contributed by atoms with Gasteiger partial charge in [-0.15, -0.1) is 0 Å². The lowest BCUT2D eigenvalue weighted by atomic mass is 10.0. The molecule has 140 valence electrons. The Labute approximate surface area is 155 Å². The Bertz CT molecular complexity index is 878. The van der Waals surface area contributed by atoms with E-state index in [1.165, 1.54) is 23.1 Å². The van der Waals surface area contributed by atoms with Crippen molar-refractivity contribution in [3.05, 3.63) is 52.6 Å². The molecule has 3 rings (SSSR count). The summed E-state index contributed by atoms with van der Waals surface area (Å²) in [6.07, 6.45) is 1.01. The number of ether oxygens (including phenoxy) is 2. The van der Waals surface area contributed by atoms with E-state index in [0.717, 1.165) is 0 Å². The zero-order valence-corrected chi connectivity index (χ0v) is 14.7. The standard InChI is InChI=1S/C19H18N2O6/c1-26-15-7-4-13(5-8-15)16-11-14(21(24)25)6-9-17(16)27-12-19(23)20-10-2-3-18(20)22/h4-9,11H,2-3,10,12H2,1H3. The van der Waals surface area contributed by atoms with E-state index in [-0.39, 0.29) is 18.2 Å². The van der Waals surface area contributed by atoms with E-state index in [0.29, 0.717) is 42.0 Å². The fourth-order valence-electron chi connectivity index (χ4n) is 2.88. The number of rotatable bonds is 6. The number of non-ortho nitro benzene ring substituents is 1. The molecule has 1 heterocycles. The van der Waals surface area contributed by atoms with E-state index in [1.807, 2.05) is 0 Å². The molecule has 2 aromatic carbocycles. The molecule has 1 aliphatic rings. The van der Waals surface area contributed by atoms with Crippen molar-refractivity contribution in [1.82, 2.24) is 4.90 Å². The molecule has 0 N–H and O–H groups in total. The molecular weight excluding hydrogens is 352 g/mol. The lowest BCUT2D eigenvalue weighted by Crippen LogP contribution is -2.35. The number of benzene rings is 2. The van der Waals surface area contributed by atoms with Crippen LogP contribution >= 0.6 is 0 Å². The molecule has 0 bridgehead atoms. The van der Waals surface area contributed by atoms with Gasteiger partial charge in [-0.05, 0) is 30.2 Å². The minimum absolute atomic E-state index is 0.0887. The first kappa shape index (κ1) is 18.4. The molecule has 0 spiro atoms. The Morgan fingerprint density at radius 1 is 1.22 bits per heavy atom. The van der Waals surface area contributed by atoms with Gasteiger partial charge in [0.2, 0.25) is 5.91 Å². The number of methoxy groups -OCH3 is 1. The van der Waals surface area contributed by atoms with Gasteiger partial charge in [0.05, 0.1) is 12.0 Å². The number of nitro benzene ring substituents is 1. The normalized spacial score (nSPS) is 13.5. The van der Waals surface area contributed by atoms with Crippen LogP contribution in [0.3, 0.4) is 0 Å². The van der Waals surface area contributed by atoms with Gasteiger partial charge in [-0.2, -0.15) is 0 Å². The van der Waals surface area contributed by atoms with Crippen LogP contribution in [-0.2, 0) is 9.59 Å². The molecular formula is C19H18N2O6. The van der Waals surface area contributed by atoms with Crippen LogP contribution in [0.25, 0.3) is 11.1 Å². The quantitative estimate of drug-likeness (QED) is 0.573. The highest BCUT2D eigenvalue weighted by Gasteiger charge is 2.26. The van der Waals surface area contributed by atoms with Crippen LogP contribution in [0.1, 0.15) is 12.8 Å². The highest BCUT2D eigenvalue weighted by atomic mass is 16.6. The van der Waals surface area contributed by atoms with E-state index in [4.69, 9.17) is 9.47 Å². The molecule has 2 aromatic rings. The van der Waals surface area contributed by atoms with Gasteiger partial charge in [0.25, 0.3) is 11.6 Å². The first-order valence-corrected chi connectivity index (χ1v) is 8.38. The molecule has 2 amide bonds. The van der Waals surface area contributed by atoms with Crippen molar-refractivity contribution in [3.63, 3.8) is 0 Å². The van der Waals surface area contributed by atoms with Crippen molar-refractivity contribution in [2.24, 2.45) is 0 Å². The number of hydrogen-bond acceptors (Lipinski definition) is 6. The molecule has 0 unspecified atom stereocenters. The summed E-state index contributed by atoms with van der Waals surface area (Å²) < 4.78 is 10.7. The average molecular weight is 370 g/mol. The summed E-state index contributed by atoms with van der Waals surface area (Å²) in [6, 6.07) is 11.1. The maximum atomic E-state index is 12.2. The van der Waals surface area contributed by atoms with Gasteiger partial charge in [-0.25, -0.2) is 0 Å². The van der Waals surface area contributed by atoms with Gasteiger partial charge < -0.3 is 9.47 Å². The molecule has 8 nitrogen and oxygen atoms in total. The third-order valence-corrected chi connectivity index (χ3v) is 4.30. The minimum atomic E-state index is -0.495. The third kappa shape index (κ3) is 4.05. The van der Waals surface area contributed by atoms with Crippen molar-refractivity contribution in [3.8, 4) is 22.6 Å². The Hall–Kier alpha value is -3.42. The van der Waals surface area contributed by atoms with Crippen LogP contribution in [0.4, 0.5) is 5.69 Å². The lowest BCUT2D eigenvalue weighted by Gasteiger charge is -2.16. The van der Waals surface area contributed by atoms with Crippen LogP contribution in [0.2, 0.25) is 0 Å². The Morgan fingerprint density at radius 2 is 1.96 bits per heavy atom. The van der Waals surface area contributed by atoms with Gasteiger partial charge in [0.15, 0.2) is 6.61 Å². The number of hydrogen-bond donors (Lipinski definition) is 0. The average Bonchev–Trinajstić information content (AvgIpc) is 3.12. The van der Waals surface area contributed by atoms with Crippen LogP contribution in [0.5, 0.6) is 11.5 Å². The predicted octanol–water partition coefficient (Wildman–Crippen LogP) is 2.80. The molecule has 0 atom stereocenters. The van der Waals surface area contributed by atoms with Gasteiger partial charge in [0.1, 0.15) is 11.5 Å². The second-order valence-corrected chi connectivity index (χ2v) is 6.00. The number of amides is 2. The summed E-state index contributed by atoms with van der Waals surface area (Å²) in [5.74, 6) is 0.347. The minimum Gasteiger partial charge on any atom is -0.497 e. The first-order valence-electron chi connectivity index (χ1n) is 8.38. The SMILES string of the molecule is COc1ccc(-c2cc([N+](=O)[O-])ccc2OCC(=O)N2CCCC2=O)cc1. The summed E-state index contributed by atoms with van der Waals surface area (Å²) >= 11 is 0. The van der Waals surface area contributed by atoms with E-state index in [2.05, 4.69) is 0 Å². The topological polar surface area (TPSA) is 99.0 Å². The molecule has 1 aliphatic heterocycles. The number of likely N-dealkylation sites (tertiary alicyclic amines) is 1. The van der Waals surface area contributed by atoms with Gasteiger partial charge >= 0.3 is 0 Å². The molecule has 0 aromatic heterocycles. The molecule has 0 radical (unpaired) electrons. The zero-order chi connectivity index (χ0) is 19.4. The summed E-state index contributed by atoms with van der Waals surface area (Å²) in [4.78, 5) is 35.7. The van der Waals surface area contributed by atoms with E-state index >= 15 is 0 Å². The Morgan fingerprint density at radius 3 is 2.56 bits per heavy atom. The van der Waals surface area contributed by atoms with Crippen molar-refractivity contribution in [2.75, 3.05) is 20.3 Å². The van der Waals surface area contributed by atoms with Gasteiger partial charge in [-0.1, -0.05) is 12.1 Å². The van der Waals surface area contributed by atoms with Crippen LogP contribution in [0, 0.1) is 10.1 Å². The fourth-order valence-corrected chi connectivity index (χ4v) is 2.88. The number of nitrogens with zero attached hydrogens (tertiary/aromatic N) is 2. The van der Waals surface area contributed by atoms with Gasteiger partial charge in [-0.3, -0.25) is 24.6 Å². The second kappa shape index (κ2) is 7.86. The highest BCUT2D eigenvalue weighted by molar-refractivity contribution is 5.97. The van der Waals surface area contributed by atoms with Gasteiger partial charge in [0, 0.05) is 30.7 Å². The zero-order valence-electron chi connectivity index (χ0n) is 14.7. The number of imide groups is 1. The van der Waals surface area contributed by atoms with Crippen molar-refractivity contribution < 1.29 is 24.0 Å². The second-order valence-electron chi connectivity index (χ2n) is 6.00. The Balaban J connectivity index is 1.86. The lowest BCUT2D eigenvalue weighted by molar-refractivity contribution is -0.384. The van der Waals surface area contributed by atoms with Crippen LogP contribution < -0.4 is 9.47 Å². The smallest absolute Gasteiger partial charge is 0.270 e. The van der Waals surface area contributed by atoms with Crippen molar-refractivity contribution >= 4 is 17.5 Å². The molecule has 1 saturated heterocycles. The first-order chi connectivity index (χ1) is 13.0. The maximum Gasteiger partial charge on any atom is 0.270 e. The molecule has 0 aliphatic carbocycles. The summed E-state index contributed by atoms with van der Waals surface area (Å²) in [7, 11) is 1.54. The predicted molar refractivity (Wildman–Crippen MR) is 96.5 cm³/mol. The summed E-state index contributed by atoms with van der Waals surface area (Å²) in [5, 5.41) is 11.1. The van der Waals surface area contributed by atoms with E-state index in [1.54, 1.807) is 31.4 Å². The molecule has 8 heteroatoms. The number of carbonyl (C=O) groups is 2. The van der Waals surface area contributed by atoms with Crippen LogP contribution in [-0.4, -0.2) is 41.9 Å². The third-order valence-electron chi connectivity index (χ3n) is 4.30. The monoisotopic (exact) mass is 370 g/mol. The highest BCUT2D eigenvalue weighted by Crippen LogP contribution is 2.34. The molecule has 1 fully saturated rings. The molecule has 27 heavy (non-hydrogen) atoms. The Kier molecular flexibility index (Phi) is 5.35. The van der Waals surface area contributed by atoms with Crippen LogP contribution in [0.15, 0.2) is 42.5 Å². The van der Waals surface area contributed by atoms with Crippen molar-refractivity contribution in [1.29, 1.82) is 0 Å². The van der Waals surface area contributed by atoms with E-state index < -0.39 is 10.8 Å². The fraction of sp³-hybridized carbons (Fsp3) is 0.263. The number of nitro groups is 1. The summed E-state index contributed by atoms with van der Waals surface area (Å²) in [6.45, 7) is 0.0827.